The van der Waals surface area contributed by atoms with Gasteiger partial charge in [0.2, 0.25) is 0 Å². The average Bonchev–Trinajstić information content (AvgIpc) is 2.68. The molecule has 29 heavy (non-hydrogen) atoms. The van der Waals surface area contributed by atoms with E-state index in [1.807, 2.05) is 0 Å². The average molecular weight is 420 g/mol. The van der Waals surface area contributed by atoms with Crippen molar-refractivity contribution in [3.05, 3.63) is 29.8 Å². The number of ether oxygens (including phenoxy) is 1. The van der Waals surface area contributed by atoms with Gasteiger partial charge in [-0.1, -0.05) is 45.4 Å². The lowest BCUT2D eigenvalue weighted by Gasteiger charge is -2.27. The van der Waals surface area contributed by atoms with Crippen molar-refractivity contribution in [2.45, 2.75) is 83.2 Å². The molecule has 0 aliphatic heterocycles. The highest BCUT2D eigenvalue weighted by molar-refractivity contribution is 5.75. The molecular formula is C22H29F5O2. The zero-order valence-electron chi connectivity index (χ0n) is 16.7. The molecule has 1 saturated carbocycles. The fourth-order valence-corrected chi connectivity index (χ4v) is 3.82. The molecule has 1 aromatic rings. The molecule has 0 heterocycles. The van der Waals surface area contributed by atoms with Crippen LogP contribution in [0.2, 0.25) is 0 Å². The maximum atomic E-state index is 13.3. The molecule has 1 aliphatic rings. The largest absolute Gasteiger partial charge is 0.458 e. The Morgan fingerprint density at radius 1 is 0.931 bits per heavy atom. The molecule has 2 nitrogen and oxygen atoms in total. The Hall–Kier alpha value is -1.66. The minimum Gasteiger partial charge on any atom is -0.426 e. The van der Waals surface area contributed by atoms with E-state index in [4.69, 9.17) is 4.74 Å². The van der Waals surface area contributed by atoms with Gasteiger partial charge in [-0.15, -0.1) is 0 Å². The Kier molecular flexibility index (Phi) is 8.46. The Balaban J connectivity index is 1.78. The van der Waals surface area contributed by atoms with Gasteiger partial charge in [-0.3, -0.25) is 4.79 Å². The molecule has 1 aliphatic carbocycles. The summed E-state index contributed by atoms with van der Waals surface area (Å²) in [5.74, 6) is -5.02. The molecule has 0 bridgehead atoms. The fraction of sp³-hybridized carbons (Fsp3) is 0.682. The number of carbonyl (C=O) groups excluding carboxylic acids is 1. The van der Waals surface area contributed by atoms with Gasteiger partial charge in [-0.05, 0) is 55.9 Å². The normalized spacial score (nSPS) is 20.5. The topological polar surface area (TPSA) is 26.3 Å². The summed E-state index contributed by atoms with van der Waals surface area (Å²) < 4.78 is 69.0. The van der Waals surface area contributed by atoms with Crippen LogP contribution in [0, 0.1) is 11.8 Å². The van der Waals surface area contributed by atoms with E-state index in [1.165, 1.54) is 38.5 Å². The predicted octanol–water partition coefficient (Wildman–Crippen LogP) is 7.41. The summed E-state index contributed by atoms with van der Waals surface area (Å²) in [6.45, 7) is 2.19. The van der Waals surface area contributed by atoms with Gasteiger partial charge in [0.25, 0.3) is 0 Å². The molecule has 164 valence electrons. The number of unbranched alkanes of at least 4 members (excludes halogenated alkanes) is 4. The number of esters is 1. The smallest absolute Gasteiger partial charge is 0.426 e. The van der Waals surface area contributed by atoms with E-state index in [-0.39, 0.29) is 11.7 Å². The zero-order valence-corrected chi connectivity index (χ0v) is 16.7. The van der Waals surface area contributed by atoms with Crippen LogP contribution in [0.5, 0.6) is 5.75 Å². The van der Waals surface area contributed by atoms with E-state index >= 15 is 0 Å². The fourth-order valence-electron chi connectivity index (χ4n) is 3.82. The molecule has 0 saturated heterocycles. The van der Waals surface area contributed by atoms with E-state index in [0.717, 1.165) is 37.8 Å². The second-order valence-corrected chi connectivity index (χ2v) is 7.94. The van der Waals surface area contributed by atoms with Gasteiger partial charge < -0.3 is 4.74 Å². The second kappa shape index (κ2) is 10.4. The highest BCUT2D eigenvalue weighted by atomic mass is 19.4. The lowest BCUT2D eigenvalue weighted by molar-refractivity contribution is -0.289. The monoisotopic (exact) mass is 420 g/mol. The summed E-state index contributed by atoms with van der Waals surface area (Å²) in [7, 11) is 0. The number of hydrogen-bond donors (Lipinski definition) is 0. The Morgan fingerprint density at radius 3 is 2.07 bits per heavy atom. The molecule has 0 amide bonds. The Morgan fingerprint density at radius 2 is 1.52 bits per heavy atom. The van der Waals surface area contributed by atoms with E-state index in [9.17, 15) is 26.7 Å². The molecular weight excluding hydrogens is 391 g/mol. The summed E-state index contributed by atoms with van der Waals surface area (Å²) in [5.41, 5.74) is -1.18. The minimum atomic E-state index is -5.67. The van der Waals surface area contributed by atoms with Crippen molar-refractivity contribution < 1.29 is 31.5 Å². The summed E-state index contributed by atoms with van der Waals surface area (Å²) in [6, 6.07) is 3.25. The summed E-state index contributed by atoms with van der Waals surface area (Å²) in [5, 5.41) is 0. The number of rotatable bonds is 9. The van der Waals surface area contributed by atoms with Crippen LogP contribution in [0.25, 0.3) is 0 Å². The number of hydrogen-bond acceptors (Lipinski definition) is 2. The van der Waals surface area contributed by atoms with Crippen LogP contribution in [0.3, 0.4) is 0 Å². The first-order chi connectivity index (χ1) is 13.6. The Bertz CT molecular complexity index is 632. The van der Waals surface area contributed by atoms with Gasteiger partial charge in [0.1, 0.15) is 5.75 Å². The number of benzene rings is 1. The van der Waals surface area contributed by atoms with Gasteiger partial charge in [-0.2, -0.15) is 22.0 Å². The van der Waals surface area contributed by atoms with Crippen molar-refractivity contribution in [1.82, 2.24) is 0 Å². The van der Waals surface area contributed by atoms with Gasteiger partial charge in [0, 0.05) is 5.56 Å². The first kappa shape index (κ1) is 23.6. The van der Waals surface area contributed by atoms with E-state index in [0.29, 0.717) is 18.1 Å². The number of halogens is 5. The predicted molar refractivity (Wildman–Crippen MR) is 101 cm³/mol. The number of carbonyl (C=O) groups is 1. The molecule has 0 aromatic heterocycles. The van der Waals surface area contributed by atoms with Crippen molar-refractivity contribution in [3.8, 4) is 5.75 Å². The van der Waals surface area contributed by atoms with Gasteiger partial charge in [0.05, 0.1) is 5.92 Å². The SMILES string of the molecule is CCCCCCC[C@H]1CC[C@H](C(=O)Oc2ccc(C(F)(F)C(F)(F)F)cc2)CC1. The quantitative estimate of drug-likeness (QED) is 0.180. The standard InChI is InChI=1S/C22H29F5O2/c1-2-3-4-5-6-7-16-8-10-17(11-9-16)20(28)29-19-14-12-18(13-15-19)21(23,24)22(25,26)27/h12-17H,2-11H2,1H3/t16-,17-. The number of alkyl halides is 5. The van der Waals surface area contributed by atoms with Crippen molar-refractivity contribution in [2.75, 3.05) is 0 Å². The molecule has 0 radical (unpaired) electrons. The van der Waals surface area contributed by atoms with Gasteiger partial charge in [-0.25, -0.2) is 0 Å². The van der Waals surface area contributed by atoms with Crippen LogP contribution in [-0.4, -0.2) is 12.1 Å². The van der Waals surface area contributed by atoms with Crippen LogP contribution in [0.1, 0.15) is 76.7 Å². The third kappa shape index (κ3) is 6.68. The van der Waals surface area contributed by atoms with Gasteiger partial charge >= 0.3 is 18.1 Å². The van der Waals surface area contributed by atoms with Crippen molar-refractivity contribution in [1.29, 1.82) is 0 Å². The molecule has 1 aromatic carbocycles. The summed E-state index contributed by atoms with van der Waals surface area (Å²) >= 11 is 0. The van der Waals surface area contributed by atoms with Crippen molar-refractivity contribution in [2.24, 2.45) is 11.8 Å². The minimum absolute atomic E-state index is 0.0187. The first-order valence-corrected chi connectivity index (χ1v) is 10.4. The van der Waals surface area contributed by atoms with Crippen LogP contribution in [0.15, 0.2) is 24.3 Å². The van der Waals surface area contributed by atoms with Crippen LogP contribution < -0.4 is 4.74 Å². The first-order valence-electron chi connectivity index (χ1n) is 10.4. The molecule has 1 fully saturated rings. The highest BCUT2D eigenvalue weighted by Crippen LogP contribution is 2.44. The molecule has 0 N–H and O–H groups in total. The van der Waals surface area contributed by atoms with Gasteiger partial charge in [0.15, 0.2) is 0 Å². The van der Waals surface area contributed by atoms with E-state index < -0.39 is 23.6 Å². The maximum absolute atomic E-state index is 13.3. The summed E-state index contributed by atoms with van der Waals surface area (Å²) in [4.78, 5) is 12.3. The third-order valence-electron chi connectivity index (χ3n) is 5.69. The molecule has 2 rings (SSSR count). The van der Waals surface area contributed by atoms with Crippen LogP contribution in [-0.2, 0) is 10.7 Å². The Labute approximate surface area is 168 Å². The van der Waals surface area contributed by atoms with Crippen molar-refractivity contribution >= 4 is 5.97 Å². The third-order valence-corrected chi connectivity index (χ3v) is 5.69. The van der Waals surface area contributed by atoms with Crippen LogP contribution >= 0.6 is 0 Å². The zero-order chi connectivity index (χ0) is 21.5. The highest BCUT2D eigenvalue weighted by Gasteiger charge is 2.58. The van der Waals surface area contributed by atoms with E-state index in [1.54, 1.807) is 0 Å². The molecule has 0 atom stereocenters. The second-order valence-electron chi connectivity index (χ2n) is 7.94. The summed E-state index contributed by atoms with van der Waals surface area (Å²) in [6.07, 6.45) is 5.12. The van der Waals surface area contributed by atoms with Crippen LogP contribution in [0.4, 0.5) is 22.0 Å². The lowest BCUT2D eigenvalue weighted by Crippen LogP contribution is -2.33. The van der Waals surface area contributed by atoms with E-state index in [2.05, 4.69) is 6.92 Å². The van der Waals surface area contributed by atoms with Crippen molar-refractivity contribution in [3.63, 3.8) is 0 Å². The molecule has 0 unspecified atom stereocenters. The molecule has 7 heteroatoms. The maximum Gasteiger partial charge on any atom is 0.458 e. The lowest BCUT2D eigenvalue weighted by atomic mass is 9.80. The molecule has 0 spiro atoms.